The van der Waals surface area contributed by atoms with Crippen LogP contribution in [0.3, 0.4) is 0 Å². The van der Waals surface area contributed by atoms with Crippen molar-refractivity contribution in [2.24, 2.45) is 0 Å². The third kappa shape index (κ3) is 2.82. The molecule has 0 atom stereocenters. The van der Waals surface area contributed by atoms with Crippen LogP contribution in [0.4, 0.5) is 5.00 Å². The quantitative estimate of drug-likeness (QED) is 0.760. The molecule has 0 spiro atoms. The van der Waals surface area contributed by atoms with Crippen molar-refractivity contribution in [3.05, 3.63) is 53.4 Å². The number of hydrogen-bond donors (Lipinski definition) is 1. The summed E-state index contributed by atoms with van der Waals surface area (Å²) in [7, 11) is 0. The number of hydrogen-bond acceptors (Lipinski definition) is 3. The number of fused-ring (bicyclic) bond motifs is 1. The van der Waals surface area contributed by atoms with E-state index in [4.69, 9.17) is 5.73 Å². The number of thiophene rings is 1. The molecule has 0 aliphatic heterocycles. The lowest BCUT2D eigenvalue weighted by Crippen LogP contribution is -2.31. The van der Waals surface area contributed by atoms with Gasteiger partial charge in [-0.05, 0) is 36.2 Å². The van der Waals surface area contributed by atoms with Gasteiger partial charge in [-0.25, -0.2) is 0 Å². The molecule has 0 fully saturated rings. The fourth-order valence-corrected chi connectivity index (χ4v) is 3.65. The highest BCUT2D eigenvalue weighted by atomic mass is 32.1. The molecular weight excluding hydrogens is 304 g/mol. The van der Waals surface area contributed by atoms with Crippen LogP contribution in [0.1, 0.15) is 24.2 Å². The van der Waals surface area contributed by atoms with Gasteiger partial charge in [0.05, 0.1) is 10.6 Å². The molecule has 3 nitrogen and oxygen atoms in total. The number of nitrogen functional groups attached to an aromatic ring is 1. The van der Waals surface area contributed by atoms with Crippen molar-refractivity contribution in [2.45, 2.75) is 13.8 Å². The third-order valence-electron chi connectivity index (χ3n) is 4.14. The van der Waals surface area contributed by atoms with Crippen LogP contribution in [0.5, 0.6) is 0 Å². The third-order valence-corrected chi connectivity index (χ3v) is 4.96. The zero-order valence-electron chi connectivity index (χ0n) is 13.4. The molecule has 2 N–H and O–H groups in total. The minimum Gasteiger partial charge on any atom is -0.390 e. The second-order valence-corrected chi connectivity index (χ2v) is 6.34. The smallest absolute Gasteiger partial charge is 0.257 e. The molecule has 0 unspecified atom stereocenters. The van der Waals surface area contributed by atoms with Gasteiger partial charge >= 0.3 is 0 Å². The number of nitrogens with two attached hydrogens (primary N) is 1. The van der Waals surface area contributed by atoms with Gasteiger partial charge in [0, 0.05) is 24.0 Å². The minimum atomic E-state index is 0.0110. The summed E-state index contributed by atoms with van der Waals surface area (Å²) in [4.78, 5) is 14.6. The van der Waals surface area contributed by atoms with E-state index in [1.807, 2.05) is 36.3 Å². The monoisotopic (exact) mass is 324 g/mol. The first kappa shape index (κ1) is 15.6. The first-order valence-corrected chi connectivity index (χ1v) is 8.69. The number of nitrogens with zero attached hydrogens (tertiary/aromatic N) is 1. The van der Waals surface area contributed by atoms with Crippen molar-refractivity contribution in [1.29, 1.82) is 0 Å². The predicted molar refractivity (Wildman–Crippen MR) is 98.9 cm³/mol. The molecule has 3 aromatic rings. The largest absolute Gasteiger partial charge is 0.390 e. The van der Waals surface area contributed by atoms with Crippen molar-refractivity contribution in [1.82, 2.24) is 4.90 Å². The predicted octanol–water partition coefficient (Wildman–Crippen LogP) is 4.63. The fraction of sp³-hybridized carbons (Fsp3) is 0.211. The lowest BCUT2D eigenvalue weighted by molar-refractivity contribution is 0.0775. The minimum absolute atomic E-state index is 0.0110. The lowest BCUT2D eigenvalue weighted by atomic mass is 9.99. The van der Waals surface area contributed by atoms with Gasteiger partial charge in [0.1, 0.15) is 0 Å². The van der Waals surface area contributed by atoms with Crippen LogP contribution < -0.4 is 5.73 Å². The molecule has 3 rings (SSSR count). The van der Waals surface area contributed by atoms with Gasteiger partial charge in [-0.1, -0.05) is 36.4 Å². The highest BCUT2D eigenvalue weighted by Gasteiger charge is 2.22. The van der Waals surface area contributed by atoms with Crippen LogP contribution in [0.15, 0.2) is 47.8 Å². The molecule has 0 radical (unpaired) electrons. The topological polar surface area (TPSA) is 46.3 Å². The molecular formula is C19H20N2OS. The van der Waals surface area contributed by atoms with E-state index in [0.29, 0.717) is 23.7 Å². The summed E-state index contributed by atoms with van der Waals surface area (Å²) >= 11 is 1.43. The van der Waals surface area contributed by atoms with Crippen LogP contribution in [-0.2, 0) is 0 Å². The molecule has 0 saturated heterocycles. The van der Waals surface area contributed by atoms with Crippen molar-refractivity contribution in [3.63, 3.8) is 0 Å². The molecule has 1 amide bonds. The Balaban J connectivity index is 2.11. The molecule has 0 aliphatic carbocycles. The second-order valence-electron chi connectivity index (χ2n) is 5.43. The summed E-state index contributed by atoms with van der Waals surface area (Å²) in [6.45, 7) is 5.34. The molecule has 0 saturated carbocycles. The maximum absolute atomic E-state index is 12.8. The van der Waals surface area contributed by atoms with E-state index in [1.165, 1.54) is 16.7 Å². The average Bonchev–Trinajstić information content (AvgIpc) is 2.97. The zero-order valence-corrected chi connectivity index (χ0v) is 14.2. The van der Waals surface area contributed by atoms with Gasteiger partial charge in [0.25, 0.3) is 5.91 Å². The Labute approximate surface area is 140 Å². The maximum atomic E-state index is 12.8. The number of carbonyl (C=O) groups is 1. The Bertz CT molecular complexity index is 849. The number of rotatable bonds is 4. The number of amides is 1. The summed E-state index contributed by atoms with van der Waals surface area (Å²) in [6, 6.07) is 14.5. The highest BCUT2D eigenvalue weighted by molar-refractivity contribution is 7.15. The van der Waals surface area contributed by atoms with E-state index in [2.05, 4.69) is 30.3 Å². The zero-order chi connectivity index (χ0) is 16.4. The van der Waals surface area contributed by atoms with Crippen LogP contribution >= 0.6 is 11.3 Å². The van der Waals surface area contributed by atoms with Gasteiger partial charge in [-0.3, -0.25) is 4.79 Å². The van der Waals surface area contributed by atoms with E-state index in [0.717, 1.165) is 16.5 Å². The van der Waals surface area contributed by atoms with Gasteiger partial charge in [-0.15, -0.1) is 11.3 Å². The van der Waals surface area contributed by atoms with Crippen LogP contribution in [0, 0.1) is 0 Å². The van der Waals surface area contributed by atoms with Gasteiger partial charge in [-0.2, -0.15) is 0 Å². The Morgan fingerprint density at radius 3 is 2.48 bits per heavy atom. The van der Waals surface area contributed by atoms with E-state index in [1.54, 1.807) is 0 Å². The lowest BCUT2D eigenvalue weighted by Gasteiger charge is -2.19. The van der Waals surface area contributed by atoms with Crippen molar-refractivity contribution in [2.75, 3.05) is 18.8 Å². The first-order chi connectivity index (χ1) is 11.2. The SMILES string of the molecule is CCN(CC)C(=O)c1c(-c2ccc3ccccc3c2)csc1N. The molecule has 1 aromatic heterocycles. The Hall–Kier alpha value is -2.33. The van der Waals surface area contributed by atoms with E-state index < -0.39 is 0 Å². The summed E-state index contributed by atoms with van der Waals surface area (Å²) in [5, 5.41) is 4.92. The number of benzene rings is 2. The normalized spacial score (nSPS) is 10.9. The molecule has 0 bridgehead atoms. The van der Waals surface area contributed by atoms with E-state index in [9.17, 15) is 4.79 Å². The standard InChI is InChI=1S/C19H20N2OS/c1-3-21(4-2)19(22)17-16(12-23-18(17)20)15-10-9-13-7-5-6-8-14(13)11-15/h5-12H,3-4,20H2,1-2H3. The summed E-state index contributed by atoms with van der Waals surface area (Å²) in [6.07, 6.45) is 0. The van der Waals surface area contributed by atoms with Gasteiger partial charge < -0.3 is 10.6 Å². The molecule has 4 heteroatoms. The van der Waals surface area contributed by atoms with Crippen LogP contribution in [0.25, 0.3) is 21.9 Å². The summed E-state index contributed by atoms with van der Waals surface area (Å²) in [5.74, 6) is 0.0110. The fourth-order valence-electron chi connectivity index (χ4n) is 2.83. The van der Waals surface area contributed by atoms with E-state index >= 15 is 0 Å². The number of carbonyl (C=O) groups excluding carboxylic acids is 1. The Morgan fingerprint density at radius 2 is 1.78 bits per heavy atom. The molecule has 1 heterocycles. The number of anilines is 1. The first-order valence-electron chi connectivity index (χ1n) is 7.81. The van der Waals surface area contributed by atoms with Crippen molar-refractivity contribution < 1.29 is 4.79 Å². The van der Waals surface area contributed by atoms with Crippen molar-refractivity contribution >= 4 is 33.0 Å². The van der Waals surface area contributed by atoms with Gasteiger partial charge in [0.2, 0.25) is 0 Å². The molecule has 0 aliphatic rings. The van der Waals surface area contributed by atoms with Crippen molar-refractivity contribution in [3.8, 4) is 11.1 Å². The molecule has 23 heavy (non-hydrogen) atoms. The maximum Gasteiger partial charge on any atom is 0.257 e. The highest BCUT2D eigenvalue weighted by Crippen LogP contribution is 2.35. The Morgan fingerprint density at radius 1 is 1.09 bits per heavy atom. The van der Waals surface area contributed by atoms with Crippen LogP contribution in [0.2, 0.25) is 0 Å². The molecule has 2 aromatic carbocycles. The van der Waals surface area contributed by atoms with Gasteiger partial charge in [0.15, 0.2) is 0 Å². The second kappa shape index (κ2) is 6.42. The average molecular weight is 324 g/mol. The van der Waals surface area contributed by atoms with Crippen LogP contribution in [-0.4, -0.2) is 23.9 Å². The van der Waals surface area contributed by atoms with E-state index in [-0.39, 0.29) is 5.91 Å². The molecule has 118 valence electrons. The summed E-state index contributed by atoms with van der Waals surface area (Å²) < 4.78 is 0. The summed E-state index contributed by atoms with van der Waals surface area (Å²) in [5.41, 5.74) is 8.70. The Kier molecular flexibility index (Phi) is 4.35.